The van der Waals surface area contributed by atoms with Crippen molar-refractivity contribution in [2.24, 2.45) is 16.6 Å². The molecule has 20 heavy (non-hydrogen) atoms. The fraction of sp³-hybridized carbons (Fsp3) is 0.875. The maximum Gasteiger partial charge on any atom is 0.233 e. The van der Waals surface area contributed by atoms with Crippen molar-refractivity contribution in [1.82, 2.24) is 5.32 Å². The summed E-state index contributed by atoms with van der Waals surface area (Å²) in [7, 11) is 0. The van der Waals surface area contributed by atoms with Crippen molar-refractivity contribution in [3.05, 3.63) is 0 Å². The first kappa shape index (κ1) is 17.4. The third-order valence-corrected chi connectivity index (χ3v) is 5.01. The molecule has 0 heterocycles. The number of hydrogen-bond donors (Lipinski definition) is 2. The average Bonchev–Trinajstić information content (AvgIpc) is 3.16. The highest BCUT2D eigenvalue weighted by molar-refractivity contribution is 7.80. The molecule has 1 amide bonds. The molecular formula is C16H30N2OS. The summed E-state index contributed by atoms with van der Waals surface area (Å²) >= 11 is 5.23. The lowest BCUT2D eigenvalue weighted by molar-refractivity contribution is -0.128. The Hall–Kier alpha value is -0.640. The summed E-state index contributed by atoms with van der Waals surface area (Å²) in [5.74, 6) is 0.0519. The van der Waals surface area contributed by atoms with Gasteiger partial charge in [0, 0.05) is 6.54 Å². The van der Waals surface area contributed by atoms with Crippen molar-refractivity contribution >= 4 is 23.1 Å². The Morgan fingerprint density at radius 1 is 1.20 bits per heavy atom. The number of rotatable bonds is 10. The molecule has 0 unspecified atom stereocenters. The monoisotopic (exact) mass is 298 g/mol. The lowest BCUT2D eigenvalue weighted by atomic mass is 9.78. The SMILES string of the molecule is CCCC1(CNC(=O)C(CCC)(CCC)C(N)=S)CC1. The molecule has 0 aromatic rings. The summed E-state index contributed by atoms with van der Waals surface area (Å²) in [6.07, 6.45) is 8.21. The van der Waals surface area contributed by atoms with Gasteiger partial charge in [-0.05, 0) is 37.5 Å². The van der Waals surface area contributed by atoms with Crippen LogP contribution in [0.1, 0.15) is 72.1 Å². The van der Waals surface area contributed by atoms with E-state index in [-0.39, 0.29) is 5.91 Å². The van der Waals surface area contributed by atoms with Crippen molar-refractivity contribution in [2.75, 3.05) is 6.54 Å². The topological polar surface area (TPSA) is 55.1 Å². The van der Waals surface area contributed by atoms with E-state index in [9.17, 15) is 4.79 Å². The first-order valence-corrected chi connectivity index (χ1v) is 8.45. The second-order valence-electron chi connectivity index (χ2n) is 6.38. The van der Waals surface area contributed by atoms with Gasteiger partial charge in [0.05, 0.1) is 10.4 Å². The van der Waals surface area contributed by atoms with E-state index in [0.29, 0.717) is 10.4 Å². The number of hydrogen-bond acceptors (Lipinski definition) is 2. The fourth-order valence-corrected chi connectivity index (χ4v) is 3.52. The zero-order valence-corrected chi connectivity index (χ0v) is 14.1. The van der Waals surface area contributed by atoms with Gasteiger partial charge in [-0.3, -0.25) is 4.79 Å². The highest BCUT2D eigenvalue weighted by atomic mass is 32.1. The Labute approximate surface area is 129 Å². The van der Waals surface area contributed by atoms with Crippen molar-refractivity contribution in [1.29, 1.82) is 0 Å². The molecule has 3 nitrogen and oxygen atoms in total. The van der Waals surface area contributed by atoms with Crippen LogP contribution in [0.2, 0.25) is 0 Å². The zero-order valence-electron chi connectivity index (χ0n) is 13.3. The molecule has 1 saturated carbocycles. The molecule has 0 aromatic heterocycles. The Morgan fingerprint density at radius 2 is 1.75 bits per heavy atom. The van der Waals surface area contributed by atoms with Gasteiger partial charge in [0.1, 0.15) is 0 Å². The Balaban J connectivity index is 2.70. The summed E-state index contributed by atoms with van der Waals surface area (Å²) in [5.41, 5.74) is 5.66. The second-order valence-corrected chi connectivity index (χ2v) is 6.82. The lowest BCUT2D eigenvalue weighted by Crippen LogP contribution is -2.50. The smallest absolute Gasteiger partial charge is 0.233 e. The van der Waals surface area contributed by atoms with Crippen LogP contribution in [-0.2, 0) is 4.79 Å². The molecule has 3 N–H and O–H groups in total. The average molecular weight is 298 g/mol. The molecule has 1 fully saturated rings. The third kappa shape index (κ3) is 3.94. The lowest BCUT2D eigenvalue weighted by Gasteiger charge is -2.31. The predicted molar refractivity (Wildman–Crippen MR) is 88.6 cm³/mol. The van der Waals surface area contributed by atoms with Crippen LogP contribution in [0.5, 0.6) is 0 Å². The zero-order chi connectivity index (χ0) is 15.2. The molecule has 1 rings (SSSR count). The van der Waals surface area contributed by atoms with Gasteiger partial charge in [0.15, 0.2) is 0 Å². The van der Waals surface area contributed by atoms with Crippen LogP contribution in [-0.4, -0.2) is 17.4 Å². The standard InChI is InChI=1S/C16H30N2OS/c1-4-7-15(10-11-15)12-18-14(19)16(8-5-2,9-6-3)13(17)20/h4-12H2,1-3H3,(H2,17,20)(H,18,19). The maximum absolute atomic E-state index is 12.7. The van der Waals surface area contributed by atoms with Gasteiger partial charge in [0.2, 0.25) is 5.91 Å². The Kier molecular flexibility index (Phi) is 6.44. The molecule has 0 saturated heterocycles. The van der Waals surface area contributed by atoms with Crippen LogP contribution in [0.3, 0.4) is 0 Å². The van der Waals surface area contributed by atoms with Crippen LogP contribution in [0.4, 0.5) is 0 Å². The third-order valence-electron chi connectivity index (χ3n) is 4.62. The van der Waals surface area contributed by atoms with Gasteiger partial charge in [-0.1, -0.05) is 52.3 Å². The number of nitrogens with two attached hydrogens (primary N) is 1. The van der Waals surface area contributed by atoms with Crippen LogP contribution >= 0.6 is 12.2 Å². The molecule has 0 aliphatic heterocycles. The number of carbonyl (C=O) groups is 1. The van der Waals surface area contributed by atoms with Gasteiger partial charge < -0.3 is 11.1 Å². The Bertz CT molecular complexity index is 344. The summed E-state index contributed by atoms with van der Waals surface area (Å²) < 4.78 is 0. The molecule has 1 aliphatic carbocycles. The van der Waals surface area contributed by atoms with Gasteiger partial charge in [-0.25, -0.2) is 0 Å². The molecule has 0 atom stereocenters. The first-order chi connectivity index (χ1) is 9.46. The molecule has 0 bridgehead atoms. The highest BCUT2D eigenvalue weighted by Gasteiger charge is 2.44. The van der Waals surface area contributed by atoms with Gasteiger partial charge >= 0.3 is 0 Å². The van der Waals surface area contributed by atoms with E-state index < -0.39 is 5.41 Å². The minimum atomic E-state index is -0.638. The Morgan fingerprint density at radius 3 is 2.10 bits per heavy atom. The number of nitrogens with one attached hydrogen (secondary N) is 1. The van der Waals surface area contributed by atoms with E-state index in [0.717, 1.165) is 32.2 Å². The molecule has 0 radical (unpaired) electrons. The minimum Gasteiger partial charge on any atom is -0.392 e. The number of amides is 1. The number of carbonyl (C=O) groups excluding carboxylic acids is 1. The van der Waals surface area contributed by atoms with Gasteiger partial charge in [-0.2, -0.15) is 0 Å². The van der Waals surface area contributed by atoms with E-state index >= 15 is 0 Å². The summed E-state index contributed by atoms with van der Waals surface area (Å²) in [5, 5.41) is 3.16. The van der Waals surface area contributed by atoms with Crippen LogP contribution in [0, 0.1) is 10.8 Å². The molecule has 0 aromatic carbocycles. The number of thiocarbonyl (C=S) groups is 1. The van der Waals surface area contributed by atoms with Crippen LogP contribution in [0.25, 0.3) is 0 Å². The van der Waals surface area contributed by atoms with Gasteiger partial charge in [0.25, 0.3) is 0 Å². The summed E-state index contributed by atoms with van der Waals surface area (Å²) in [6, 6.07) is 0. The van der Waals surface area contributed by atoms with Crippen molar-refractivity contribution < 1.29 is 4.79 Å². The van der Waals surface area contributed by atoms with Crippen molar-refractivity contribution in [3.8, 4) is 0 Å². The first-order valence-electron chi connectivity index (χ1n) is 8.04. The van der Waals surface area contributed by atoms with Crippen LogP contribution in [0.15, 0.2) is 0 Å². The second kappa shape index (κ2) is 7.39. The molecular weight excluding hydrogens is 268 g/mol. The molecule has 4 heteroatoms. The molecule has 1 aliphatic rings. The van der Waals surface area contributed by atoms with E-state index in [1.54, 1.807) is 0 Å². The van der Waals surface area contributed by atoms with Crippen LogP contribution < -0.4 is 11.1 Å². The molecule has 0 spiro atoms. The molecule has 116 valence electrons. The summed E-state index contributed by atoms with van der Waals surface area (Å²) in [4.78, 5) is 13.0. The van der Waals surface area contributed by atoms with E-state index in [2.05, 4.69) is 26.1 Å². The highest BCUT2D eigenvalue weighted by Crippen LogP contribution is 2.49. The van der Waals surface area contributed by atoms with E-state index in [4.69, 9.17) is 18.0 Å². The van der Waals surface area contributed by atoms with E-state index in [1.807, 2.05) is 0 Å². The van der Waals surface area contributed by atoms with Crippen molar-refractivity contribution in [3.63, 3.8) is 0 Å². The summed E-state index contributed by atoms with van der Waals surface area (Å²) in [6.45, 7) is 7.15. The normalized spacial score (nSPS) is 16.8. The predicted octanol–water partition coefficient (Wildman–Crippen LogP) is 3.56. The van der Waals surface area contributed by atoms with Crippen molar-refractivity contribution in [2.45, 2.75) is 72.1 Å². The maximum atomic E-state index is 12.7. The quantitative estimate of drug-likeness (QED) is 0.606. The fourth-order valence-electron chi connectivity index (χ4n) is 3.22. The largest absolute Gasteiger partial charge is 0.392 e. The minimum absolute atomic E-state index is 0.0519. The van der Waals surface area contributed by atoms with E-state index in [1.165, 1.54) is 25.7 Å². The van der Waals surface area contributed by atoms with Gasteiger partial charge in [-0.15, -0.1) is 0 Å².